The normalized spacial score (nSPS) is 19.1. The zero-order chi connectivity index (χ0) is 10.1. The average molecular weight is 297 g/mol. The van der Waals surface area contributed by atoms with Gasteiger partial charge < -0.3 is 10.1 Å². The van der Waals surface area contributed by atoms with Crippen molar-refractivity contribution >= 4 is 34.4 Å². The quantitative estimate of drug-likeness (QED) is 0.865. The number of carbonyl (C=O) groups is 1. The smallest absolute Gasteiger partial charge is 0.407 e. The Hall–Kier alpha value is -0.810. The molecule has 1 aliphatic heterocycles. The molecule has 1 heterocycles. The number of amides is 1. The third kappa shape index (κ3) is 2.82. The number of cyclic esters (lactones) is 1. The molecule has 0 unspecified atom stereocenters. The van der Waals surface area contributed by atoms with Gasteiger partial charge in [0.25, 0.3) is 0 Å². The second-order valence-electron chi connectivity index (χ2n) is 3.00. The lowest BCUT2D eigenvalue weighted by molar-refractivity contribution is 0.177. The molecule has 0 saturated carbocycles. The molecule has 1 aromatic rings. The van der Waals surface area contributed by atoms with Crippen molar-refractivity contribution in [1.82, 2.24) is 5.32 Å². The molecule has 0 aromatic heterocycles. The van der Waals surface area contributed by atoms with Crippen LogP contribution in [0.4, 0.5) is 9.18 Å². The Kier molecular flexibility index (Phi) is 3.93. The van der Waals surface area contributed by atoms with Crippen LogP contribution in [0.2, 0.25) is 0 Å². The molecule has 1 atom stereocenters. The minimum Gasteiger partial charge on any atom is -0.447 e. The Morgan fingerprint density at radius 1 is 1.47 bits per heavy atom. The highest BCUT2D eigenvalue weighted by molar-refractivity contribution is 9.10. The molecule has 0 aliphatic carbocycles. The van der Waals surface area contributed by atoms with E-state index in [1.54, 1.807) is 6.07 Å². The summed E-state index contributed by atoms with van der Waals surface area (Å²) in [7, 11) is 0. The maximum Gasteiger partial charge on any atom is 0.407 e. The van der Waals surface area contributed by atoms with Crippen molar-refractivity contribution in [3.8, 4) is 0 Å². The van der Waals surface area contributed by atoms with Crippen molar-refractivity contribution in [1.29, 1.82) is 0 Å². The topological polar surface area (TPSA) is 38.3 Å². The molecular weight excluding hydrogens is 288 g/mol. The van der Waals surface area contributed by atoms with Gasteiger partial charge in [-0.25, -0.2) is 9.18 Å². The highest BCUT2D eigenvalue weighted by Crippen LogP contribution is 2.23. The average Bonchev–Trinajstić information content (AvgIpc) is 2.50. The van der Waals surface area contributed by atoms with Gasteiger partial charge in [-0.15, -0.1) is 12.4 Å². The first-order chi connectivity index (χ1) is 6.65. The number of alkyl carbamates (subject to hydrolysis) is 1. The number of ether oxygens (including phenoxy) is 1. The van der Waals surface area contributed by atoms with Crippen LogP contribution in [-0.4, -0.2) is 12.7 Å². The molecule has 0 spiro atoms. The molecule has 1 amide bonds. The summed E-state index contributed by atoms with van der Waals surface area (Å²) in [6, 6.07) is 4.24. The van der Waals surface area contributed by atoms with E-state index in [-0.39, 0.29) is 30.9 Å². The number of halogens is 3. The number of hydrogen-bond acceptors (Lipinski definition) is 2. The van der Waals surface area contributed by atoms with E-state index in [0.29, 0.717) is 10.0 Å². The Morgan fingerprint density at radius 3 is 2.73 bits per heavy atom. The van der Waals surface area contributed by atoms with Gasteiger partial charge in [0, 0.05) is 4.47 Å². The molecular formula is C9H8BrClFNO2. The molecule has 1 aliphatic rings. The van der Waals surface area contributed by atoms with Crippen LogP contribution in [0.3, 0.4) is 0 Å². The lowest BCUT2D eigenvalue weighted by atomic mass is 10.1. The van der Waals surface area contributed by atoms with Crippen LogP contribution in [0.1, 0.15) is 11.6 Å². The number of nitrogens with one attached hydrogen (secondary N) is 1. The zero-order valence-corrected chi connectivity index (χ0v) is 9.90. The molecule has 0 bridgehead atoms. The Labute approximate surface area is 101 Å². The van der Waals surface area contributed by atoms with Gasteiger partial charge in [0.2, 0.25) is 0 Å². The molecule has 1 saturated heterocycles. The van der Waals surface area contributed by atoms with Crippen molar-refractivity contribution < 1.29 is 13.9 Å². The second-order valence-corrected chi connectivity index (χ2v) is 3.91. The fourth-order valence-electron chi connectivity index (χ4n) is 1.34. The van der Waals surface area contributed by atoms with Crippen LogP contribution in [0, 0.1) is 5.82 Å². The number of carbonyl (C=O) groups excluding carboxylic acids is 1. The van der Waals surface area contributed by atoms with E-state index in [1.165, 1.54) is 12.1 Å². The highest BCUT2D eigenvalue weighted by Gasteiger charge is 2.24. The van der Waals surface area contributed by atoms with Gasteiger partial charge in [-0.1, -0.05) is 15.9 Å². The molecule has 6 heteroatoms. The first-order valence-electron chi connectivity index (χ1n) is 4.04. The summed E-state index contributed by atoms with van der Waals surface area (Å²) in [6.07, 6.45) is -0.463. The summed E-state index contributed by atoms with van der Waals surface area (Å²) in [6.45, 7) is 0.245. The lowest BCUT2D eigenvalue weighted by Crippen LogP contribution is -2.18. The van der Waals surface area contributed by atoms with Gasteiger partial charge in [-0.3, -0.25) is 0 Å². The number of rotatable bonds is 1. The predicted octanol–water partition coefficient (Wildman–Crippen LogP) is 2.79. The Bertz CT molecular complexity index is 368. The fraction of sp³-hybridized carbons (Fsp3) is 0.222. The number of hydrogen-bond donors (Lipinski definition) is 1. The highest BCUT2D eigenvalue weighted by atomic mass is 79.9. The van der Waals surface area contributed by atoms with E-state index in [9.17, 15) is 9.18 Å². The molecule has 82 valence electrons. The SMILES string of the molecule is Cl.O=C1N[C@@H](c2cc(F)cc(Br)c2)CO1. The van der Waals surface area contributed by atoms with Crippen LogP contribution < -0.4 is 5.32 Å². The number of benzene rings is 1. The minimum absolute atomic E-state index is 0. The monoisotopic (exact) mass is 295 g/mol. The van der Waals surface area contributed by atoms with Gasteiger partial charge in [0.15, 0.2) is 0 Å². The molecule has 1 aromatic carbocycles. The molecule has 2 rings (SSSR count). The van der Waals surface area contributed by atoms with Crippen molar-refractivity contribution in [3.05, 3.63) is 34.1 Å². The third-order valence-corrected chi connectivity index (χ3v) is 2.42. The lowest BCUT2D eigenvalue weighted by Gasteiger charge is -2.07. The van der Waals surface area contributed by atoms with Gasteiger partial charge in [0.1, 0.15) is 12.4 Å². The maximum absolute atomic E-state index is 13.0. The molecule has 1 N–H and O–H groups in total. The van der Waals surface area contributed by atoms with E-state index in [1.807, 2.05) is 0 Å². The summed E-state index contributed by atoms with van der Waals surface area (Å²) >= 11 is 3.18. The summed E-state index contributed by atoms with van der Waals surface area (Å²) < 4.78 is 18.4. The zero-order valence-electron chi connectivity index (χ0n) is 7.50. The Morgan fingerprint density at radius 2 is 2.20 bits per heavy atom. The fourth-order valence-corrected chi connectivity index (χ4v) is 1.82. The summed E-state index contributed by atoms with van der Waals surface area (Å²) in [4.78, 5) is 10.8. The van der Waals surface area contributed by atoms with E-state index >= 15 is 0 Å². The molecule has 3 nitrogen and oxygen atoms in total. The van der Waals surface area contributed by atoms with E-state index < -0.39 is 6.09 Å². The first-order valence-corrected chi connectivity index (χ1v) is 4.84. The van der Waals surface area contributed by atoms with Crippen molar-refractivity contribution in [2.45, 2.75) is 6.04 Å². The summed E-state index contributed by atoms with van der Waals surface area (Å²) in [5, 5.41) is 2.58. The molecule has 15 heavy (non-hydrogen) atoms. The summed E-state index contributed by atoms with van der Waals surface area (Å²) in [5.74, 6) is -0.337. The molecule has 0 radical (unpaired) electrons. The van der Waals surface area contributed by atoms with E-state index in [2.05, 4.69) is 21.2 Å². The van der Waals surface area contributed by atoms with Crippen molar-refractivity contribution in [3.63, 3.8) is 0 Å². The standard InChI is InChI=1S/C9H7BrFNO2.ClH/c10-6-1-5(2-7(11)3-6)8-4-14-9(13)12-8;/h1-3,8H,4H2,(H,12,13);1H/t8-;/m1./s1. The van der Waals surface area contributed by atoms with Crippen molar-refractivity contribution in [2.24, 2.45) is 0 Å². The van der Waals surface area contributed by atoms with Gasteiger partial charge in [-0.05, 0) is 23.8 Å². The second kappa shape index (κ2) is 4.81. The van der Waals surface area contributed by atoms with Crippen LogP contribution in [0.15, 0.2) is 22.7 Å². The predicted molar refractivity (Wildman–Crippen MR) is 58.6 cm³/mol. The van der Waals surface area contributed by atoms with E-state index in [0.717, 1.165) is 0 Å². The Balaban J connectivity index is 0.00000112. The minimum atomic E-state index is -0.463. The largest absolute Gasteiger partial charge is 0.447 e. The van der Waals surface area contributed by atoms with Crippen LogP contribution in [-0.2, 0) is 4.74 Å². The van der Waals surface area contributed by atoms with Crippen molar-refractivity contribution in [2.75, 3.05) is 6.61 Å². The summed E-state index contributed by atoms with van der Waals surface area (Å²) in [5.41, 5.74) is 0.697. The van der Waals surface area contributed by atoms with Gasteiger partial charge >= 0.3 is 6.09 Å². The van der Waals surface area contributed by atoms with Gasteiger partial charge in [0.05, 0.1) is 6.04 Å². The maximum atomic E-state index is 13.0. The third-order valence-electron chi connectivity index (χ3n) is 1.96. The van der Waals surface area contributed by atoms with Gasteiger partial charge in [-0.2, -0.15) is 0 Å². The van der Waals surface area contributed by atoms with E-state index in [4.69, 9.17) is 4.74 Å². The van der Waals surface area contributed by atoms with Crippen LogP contribution in [0.25, 0.3) is 0 Å². The first kappa shape index (κ1) is 12.3. The van der Waals surface area contributed by atoms with Crippen LogP contribution >= 0.6 is 28.3 Å². The molecule has 1 fully saturated rings. The van der Waals surface area contributed by atoms with Crippen LogP contribution in [0.5, 0.6) is 0 Å².